The SMILES string of the molecule is CCOC(=O)c1ccc(F)cc1-c1cnc(-c2nn(Cc3ccccc3F)c3ncccc23)nc1. The van der Waals surface area contributed by atoms with Crippen molar-refractivity contribution in [3.63, 3.8) is 0 Å². The van der Waals surface area contributed by atoms with Crippen molar-refractivity contribution in [2.45, 2.75) is 13.5 Å². The Morgan fingerprint density at radius 3 is 2.57 bits per heavy atom. The average molecular weight is 471 g/mol. The molecule has 2 aromatic carbocycles. The van der Waals surface area contributed by atoms with E-state index < -0.39 is 11.8 Å². The van der Waals surface area contributed by atoms with Gasteiger partial charge in [-0.05, 0) is 43.3 Å². The minimum atomic E-state index is -0.560. The van der Waals surface area contributed by atoms with Crippen molar-refractivity contribution in [2.24, 2.45) is 0 Å². The first-order chi connectivity index (χ1) is 17.0. The van der Waals surface area contributed by atoms with Crippen LogP contribution in [0.2, 0.25) is 0 Å². The number of hydrogen-bond acceptors (Lipinski definition) is 6. The largest absolute Gasteiger partial charge is 0.462 e. The van der Waals surface area contributed by atoms with E-state index in [1.807, 2.05) is 6.07 Å². The number of rotatable bonds is 6. The van der Waals surface area contributed by atoms with Gasteiger partial charge >= 0.3 is 5.97 Å². The molecule has 0 atom stereocenters. The van der Waals surface area contributed by atoms with Crippen LogP contribution in [0.1, 0.15) is 22.8 Å². The van der Waals surface area contributed by atoms with Crippen molar-refractivity contribution in [1.82, 2.24) is 24.7 Å². The first kappa shape index (κ1) is 22.3. The van der Waals surface area contributed by atoms with E-state index in [0.717, 1.165) is 0 Å². The number of benzene rings is 2. The normalized spacial score (nSPS) is 11.1. The van der Waals surface area contributed by atoms with Crippen LogP contribution in [-0.2, 0) is 11.3 Å². The van der Waals surface area contributed by atoms with Gasteiger partial charge in [0.25, 0.3) is 0 Å². The van der Waals surface area contributed by atoms with Gasteiger partial charge in [0.15, 0.2) is 11.5 Å². The highest BCUT2D eigenvalue weighted by atomic mass is 19.1. The van der Waals surface area contributed by atoms with Crippen LogP contribution in [0.3, 0.4) is 0 Å². The molecule has 3 heterocycles. The molecule has 0 bridgehead atoms. The minimum Gasteiger partial charge on any atom is -0.462 e. The van der Waals surface area contributed by atoms with E-state index in [4.69, 9.17) is 4.74 Å². The Hall–Kier alpha value is -4.53. The summed E-state index contributed by atoms with van der Waals surface area (Å²) >= 11 is 0. The summed E-state index contributed by atoms with van der Waals surface area (Å²) in [7, 11) is 0. The van der Waals surface area contributed by atoms with Crippen LogP contribution >= 0.6 is 0 Å². The molecule has 0 N–H and O–H groups in total. The maximum absolute atomic E-state index is 14.2. The molecular weight excluding hydrogens is 452 g/mol. The molecule has 174 valence electrons. The molecule has 0 saturated heterocycles. The predicted molar refractivity (Wildman–Crippen MR) is 125 cm³/mol. The summed E-state index contributed by atoms with van der Waals surface area (Å²) in [5, 5.41) is 5.31. The Balaban J connectivity index is 1.54. The van der Waals surface area contributed by atoms with E-state index in [-0.39, 0.29) is 24.5 Å². The Morgan fingerprint density at radius 2 is 1.80 bits per heavy atom. The number of carbonyl (C=O) groups is 1. The smallest absolute Gasteiger partial charge is 0.338 e. The molecule has 0 spiro atoms. The lowest BCUT2D eigenvalue weighted by molar-refractivity contribution is 0.0527. The Bertz CT molecular complexity index is 1530. The van der Waals surface area contributed by atoms with Gasteiger partial charge in [-0.1, -0.05) is 18.2 Å². The summed E-state index contributed by atoms with van der Waals surface area (Å²) in [5.74, 6) is -1.08. The molecule has 9 heteroatoms. The van der Waals surface area contributed by atoms with Gasteiger partial charge in [0.05, 0.1) is 24.1 Å². The van der Waals surface area contributed by atoms with Crippen LogP contribution < -0.4 is 0 Å². The lowest BCUT2D eigenvalue weighted by Gasteiger charge is -2.09. The van der Waals surface area contributed by atoms with Gasteiger partial charge in [-0.15, -0.1) is 0 Å². The van der Waals surface area contributed by atoms with Gasteiger partial charge in [0, 0.05) is 35.3 Å². The van der Waals surface area contributed by atoms with Crippen molar-refractivity contribution in [2.75, 3.05) is 6.61 Å². The van der Waals surface area contributed by atoms with Crippen molar-refractivity contribution < 1.29 is 18.3 Å². The first-order valence-corrected chi connectivity index (χ1v) is 10.9. The fourth-order valence-electron chi connectivity index (χ4n) is 3.80. The number of hydrogen-bond donors (Lipinski definition) is 0. The van der Waals surface area contributed by atoms with E-state index >= 15 is 0 Å². The number of carbonyl (C=O) groups excluding carboxylic acids is 1. The Morgan fingerprint density at radius 1 is 1.00 bits per heavy atom. The second kappa shape index (κ2) is 9.38. The standard InChI is InChI=1S/C26H19F2N5O2/c1-2-35-26(34)19-10-9-18(27)12-21(19)17-13-30-24(31-14-17)23-20-7-5-11-29-25(20)33(32-23)15-16-6-3-4-8-22(16)28/h3-14H,2,15H2,1H3. The highest BCUT2D eigenvalue weighted by molar-refractivity contribution is 5.97. The third-order valence-corrected chi connectivity index (χ3v) is 5.44. The molecule has 0 aliphatic rings. The maximum atomic E-state index is 14.2. The average Bonchev–Trinajstić information content (AvgIpc) is 3.24. The number of esters is 1. The lowest BCUT2D eigenvalue weighted by atomic mass is 10.0. The third kappa shape index (κ3) is 4.35. The van der Waals surface area contributed by atoms with E-state index in [1.165, 1.54) is 36.7 Å². The first-order valence-electron chi connectivity index (χ1n) is 10.9. The van der Waals surface area contributed by atoms with Crippen LogP contribution in [-0.4, -0.2) is 37.3 Å². The molecule has 0 saturated carbocycles. The second-order valence-corrected chi connectivity index (χ2v) is 7.68. The van der Waals surface area contributed by atoms with Crippen LogP contribution in [0.25, 0.3) is 33.7 Å². The van der Waals surface area contributed by atoms with Gasteiger partial charge in [-0.2, -0.15) is 5.10 Å². The molecule has 5 rings (SSSR count). The van der Waals surface area contributed by atoms with Crippen molar-refractivity contribution in [3.8, 4) is 22.6 Å². The summed E-state index contributed by atoms with van der Waals surface area (Å²) in [4.78, 5) is 25.6. The highest BCUT2D eigenvalue weighted by Gasteiger charge is 2.19. The summed E-state index contributed by atoms with van der Waals surface area (Å²) in [5.41, 5.74) is 2.50. The predicted octanol–water partition coefficient (Wildman–Crippen LogP) is 5.06. The summed E-state index contributed by atoms with van der Waals surface area (Å²) in [6.45, 7) is 2.08. The fraction of sp³-hybridized carbons (Fsp3) is 0.115. The van der Waals surface area contributed by atoms with Gasteiger partial charge in [-0.3, -0.25) is 0 Å². The molecule has 7 nitrogen and oxygen atoms in total. The molecule has 0 fully saturated rings. The molecule has 3 aromatic heterocycles. The Kier molecular flexibility index (Phi) is 5.97. The van der Waals surface area contributed by atoms with Crippen LogP contribution in [0.4, 0.5) is 8.78 Å². The molecule has 35 heavy (non-hydrogen) atoms. The van der Waals surface area contributed by atoms with Crippen LogP contribution in [0.15, 0.2) is 73.2 Å². The number of ether oxygens (including phenoxy) is 1. The van der Waals surface area contributed by atoms with Crippen LogP contribution in [0.5, 0.6) is 0 Å². The second-order valence-electron chi connectivity index (χ2n) is 7.68. The summed E-state index contributed by atoms with van der Waals surface area (Å²) < 4.78 is 34.9. The zero-order valence-electron chi connectivity index (χ0n) is 18.7. The molecule has 0 unspecified atom stereocenters. The van der Waals surface area contributed by atoms with Gasteiger partial charge in [0.2, 0.25) is 0 Å². The highest BCUT2D eigenvalue weighted by Crippen LogP contribution is 2.28. The van der Waals surface area contributed by atoms with Crippen LogP contribution in [0, 0.1) is 11.6 Å². The van der Waals surface area contributed by atoms with E-state index in [1.54, 1.807) is 42.1 Å². The molecular formula is C26H19F2N5O2. The molecule has 0 aliphatic carbocycles. The molecule has 5 aromatic rings. The number of nitrogens with zero attached hydrogens (tertiary/aromatic N) is 5. The monoisotopic (exact) mass is 471 g/mol. The number of halogens is 2. The zero-order valence-corrected chi connectivity index (χ0v) is 18.7. The van der Waals surface area contributed by atoms with Crippen molar-refractivity contribution >= 4 is 17.0 Å². The van der Waals surface area contributed by atoms with E-state index in [9.17, 15) is 13.6 Å². The van der Waals surface area contributed by atoms with Gasteiger partial charge in [0.1, 0.15) is 17.3 Å². The number of pyridine rings is 1. The minimum absolute atomic E-state index is 0.185. The summed E-state index contributed by atoms with van der Waals surface area (Å²) in [6.07, 6.45) is 4.63. The number of fused-ring (bicyclic) bond motifs is 1. The quantitative estimate of drug-likeness (QED) is 0.322. The van der Waals surface area contributed by atoms with Crippen molar-refractivity contribution in [1.29, 1.82) is 0 Å². The third-order valence-electron chi connectivity index (χ3n) is 5.44. The van der Waals surface area contributed by atoms with E-state index in [0.29, 0.717) is 39.2 Å². The zero-order chi connectivity index (χ0) is 24.4. The van der Waals surface area contributed by atoms with Gasteiger partial charge < -0.3 is 4.74 Å². The van der Waals surface area contributed by atoms with E-state index in [2.05, 4.69) is 20.1 Å². The van der Waals surface area contributed by atoms with Crippen molar-refractivity contribution in [3.05, 3.63) is 95.9 Å². The summed E-state index contributed by atoms with van der Waals surface area (Å²) in [6, 6.07) is 13.9. The maximum Gasteiger partial charge on any atom is 0.338 e. The Labute approximate surface area is 199 Å². The molecule has 0 aliphatic heterocycles. The fourth-order valence-corrected chi connectivity index (χ4v) is 3.80. The molecule has 0 radical (unpaired) electrons. The number of aromatic nitrogens is 5. The molecule has 0 amide bonds. The topological polar surface area (TPSA) is 82.8 Å². The lowest BCUT2D eigenvalue weighted by Crippen LogP contribution is -2.07. The van der Waals surface area contributed by atoms with Gasteiger partial charge in [-0.25, -0.2) is 33.2 Å².